The van der Waals surface area contributed by atoms with Gasteiger partial charge >= 0.3 is 0 Å². The van der Waals surface area contributed by atoms with Crippen LogP contribution in [0.4, 0.5) is 0 Å². The maximum absolute atomic E-state index is 5.93. The van der Waals surface area contributed by atoms with E-state index >= 15 is 0 Å². The standard InChI is InChI=1S/C12H20N2O/c1-8-5-6-11(15-4)10(7-8)12(14-3)9(2)13/h5-7,9,12,14H,13H2,1-4H3. The molecule has 2 atom stereocenters. The van der Waals surface area contributed by atoms with Gasteiger partial charge in [-0.1, -0.05) is 17.7 Å². The maximum Gasteiger partial charge on any atom is 0.123 e. The molecule has 0 aliphatic heterocycles. The first-order valence-corrected chi connectivity index (χ1v) is 5.17. The fourth-order valence-corrected chi connectivity index (χ4v) is 1.80. The van der Waals surface area contributed by atoms with E-state index in [2.05, 4.69) is 18.3 Å². The van der Waals surface area contributed by atoms with Gasteiger partial charge in [0.05, 0.1) is 13.2 Å². The third-order valence-corrected chi connectivity index (χ3v) is 2.56. The molecular formula is C12H20N2O. The largest absolute Gasteiger partial charge is 0.496 e. The van der Waals surface area contributed by atoms with E-state index in [1.807, 2.05) is 26.1 Å². The lowest BCUT2D eigenvalue weighted by Gasteiger charge is -2.23. The summed E-state index contributed by atoms with van der Waals surface area (Å²) < 4.78 is 5.34. The molecule has 1 rings (SSSR count). The molecule has 0 heterocycles. The van der Waals surface area contributed by atoms with Gasteiger partial charge in [-0.25, -0.2) is 0 Å². The highest BCUT2D eigenvalue weighted by Gasteiger charge is 2.17. The molecule has 1 aromatic carbocycles. The average molecular weight is 208 g/mol. The first-order chi connectivity index (χ1) is 7.10. The molecule has 0 amide bonds. The third kappa shape index (κ3) is 2.70. The summed E-state index contributed by atoms with van der Waals surface area (Å²) in [7, 11) is 3.60. The zero-order valence-corrected chi connectivity index (χ0v) is 9.87. The summed E-state index contributed by atoms with van der Waals surface area (Å²) in [5.41, 5.74) is 8.27. The highest BCUT2D eigenvalue weighted by Crippen LogP contribution is 2.27. The molecule has 3 N–H and O–H groups in total. The van der Waals surface area contributed by atoms with Crippen molar-refractivity contribution in [1.29, 1.82) is 0 Å². The Balaban J connectivity index is 3.13. The van der Waals surface area contributed by atoms with E-state index in [1.54, 1.807) is 7.11 Å². The van der Waals surface area contributed by atoms with Crippen molar-refractivity contribution in [2.24, 2.45) is 5.73 Å². The molecule has 0 fully saturated rings. The van der Waals surface area contributed by atoms with Gasteiger partial charge in [0.1, 0.15) is 5.75 Å². The lowest BCUT2D eigenvalue weighted by atomic mass is 9.98. The Hall–Kier alpha value is -1.06. The summed E-state index contributed by atoms with van der Waals surface area (Å²) in [5.74, 6) is 0.886. The van der Waals surface area contributed by atoms with Crippen molar-refractivity contribution in [2.45, 2.75) is 25.9 Å². The van der Waals surface area contributed by atoms with Gasteiger partial charge in [0, 0.05) is 11.6 Å². The van der Waals surface area contributed by atoms with Crippen molar-refractivity contribution in [3.63, 3.8) is 0 Å². The van der Waals surface area contributed by atoms with E-state index in [-0.39, 0.29) is 12.1 Å². The Morgan fingerprint density at radius 1 is 1.40 bits per heavy atom. The van der Waals surface area contributed by atoms with Gasteiger partial charge in [-0.2, -0.15) is 0 Å². The Morgan fingerprint density at radius 3 is 2.53 bits per heavy atom. The van der Waals surface area contributed by atoms with E-state index in [4.69, 9.17) is 10.5 Å². The first kappa shape index (κ1) is 12.0. The number of likely N-dealkylation sites (N-methyl/N-ethyl adjacent to an activating group) is 1. The molecule has 0 aliphatic rings. The minimum absolute atomic E-state index is 0.0469. The molecular weight excluding hydrogens is 188 g/mol. The topological polar surface area (TPSA) is 47.3 Å². The van der Waals surface area contributed by atoms with Crippen LogP contribution in [0.2, 0.25) is 0 Å². The monoisotopic (exact) mass is 208 g/mol. The summed E-state index contributed by atoms with van der Waals surface area (Å²) >= 11 is 0. The maximum atomic E-state index is 5.93. The highest BCUT2D eigenvalue weighted by molar-refractivity contribution is 5.39. The number of ether oxygens (including phenoxy) is 1. The Bertz CT molecular complexity index is 323. The first-order valence-electron chi connectivity index (χ1n) is 5.17. The van der Waals surface area contributed by atoms with Gasteiger partial charge < -0.3 is 15.8 Å². The second-order valence-electron chi connectivity index (χ2n) is 3.87. The van der Waals surface area contributed by atoms with Crippen LogP contribution in [0.3, 0.4) is 0 Å². The van der Waals surface area contributed by atoms with Crippen LogP contribution in [0, 0.1) is 6.92 Å². The molecule has 0 radical (unpaired) electrons. The highest BCUT2D eigenvalue weighted by atomic mass is 16.5. The summed E-state index contributed by atoms with van der Waals surface area (Å²) in [6.45, 7) is 4.06. The van der Waals surface area contributed by atoms with Gasteiger partial charge in [0.25, 0.3) is 0 Å². The van der Waals surface area contributed by atoms with Crippen LogP contribution in [0.25, 0.3) is 0 Å². The third-order valence-electron chi connectivity index (χ3n) is 2.56. The number of nitrogens with two attached hydrogens (primary N) is 1. The normalized spacial score (nSPS) is 14.7. The summed E-state index contributed by atoms with van der Waals surface area (Å²) in [4.78, 5) is 0. The fraction of sp³-hybridized carbons (Fsp3) is 0.500. The molecule has 0 aromatic heterocycles. The number of hydrogen-bond acceptors (Lipinski definition) is 3. The number of rotatable bonds is 4. The van der Waals surface area contributed by atoms with Crippen molar-refractivity contribution in [2.75, 3.05) is 14.2 Å². The molecule has 0 spiro atoms. The van der Waals surface area contributed by atoms with E-state index in [0.717, 1.165) is 11.3 Å². The SMILES string of the molecule is CNC(c1cc(C)ccc1OC)C(C)N. The van der Waals surface area contributed by atoms with Gasteiger partial charge in [-0.3, -0.25) is 0 Å². The minimum Gasteiger partial charge on any atom is -0.496 e. The van der Waals surface area contributed by atoms with Gasteiger partial charge in [-0.15, -0.1) is 0 Å². The predicted molar refractivity (Wildman–Crippen MR) is 63.2 cm³/mol. The Kier molecular flexibility index (Phi) is 4.12. The molecule has 1 aromatic rings. The van der Waals surface area contributed by atoms with Crippen molar-refractivity contribution >= 4 is 0 Å². The second-order valence-corrected chi connectivity index (χ2v) is 3.87. The van der Waals surface area contributed by atoms with Crippen LogP contribution >= 0.6 is 0 Å². The minimum atomic E-state index is 0.0469. The molecule has 3 nitrogen and oxygen atoms in total. The molecule has 2 unspecified atom stereocenters. The number of aryl methyl sites for hydroxylation is 1. The van der Waals surface area contributed by atoms with Crippen LogP contribution in [0.5, 0.6) is 5.75 Å². The zero-order chi connectivity index (χ0) is 11.4. The van der Waals surface area contributed by atoms with Gasteiger partial charge in [0.15, 0.2) is 0 Å². The number of hydrogen-bond donors (Lipinski definition) is 2. The van der Waals surface area contributed by atoms with E-state index in [9.17, 15) is 0 Å². The fourth-order valence-electron chi connectivity index (χ4n) is 1.80. The van der Waals surface area contributed by atoms with Crippen molar-refractivity contribution in [3.05, 3.63) is 29.3 Å². The van der Waals surface area contributed by atoms with E-state index < -0.39 is 0 Å². The summed E-state index contributed by atoms with van der Waals surface area (Å²) in [6.07, 6.45) is 0. The van der Waals surface area contributed by atoms with Crippen LogP contribution in [-0.4, -0.2) is 20.2 Å². The van der Waals surface area contributed by atoms with Crippen LogP contribution < -0.4 is 15.8 Å². The van der Waals surface area contributed by atoms with Crippen molar-refractivity contribution in [3.8, 4) is 5.75 Å². The quantitative estimate of drug-likeness (QED) is 0.790. The molecule has 15 heavy (non-hydrogen) atoms. The number of nitrogens with one attached hydrogen (secondary N) is 1. The Labute approximate surface area is 91.6 Å². The van der Waals surface area contributed by atoms with Crippen molar-refractivity contribution < 1.29 is 4.74 Å². The lowest BCUT2D eigenvalue weighted by molar-refractivity contribution is 0.394. The molecule has 0 saturated carbocycles. The zero-order valence-electron chi connectivity index (χ0n) is 9.87. The summed E-state index contributed by atoms with van der Waals surface area (Å²) in [6, 6.07) is 6.31. The smallest absolute Gasteiger partial charge is 0.123 e. The molecule has 3 heteroatoms. The lowest BCUT2D eigenvalue weighted by Crippen LogP contribution is -2.34. The summed E-state index contributed by atoms with van der Waals surface area (Å²) in [5, 5.41) is 3.21. The van der Waals surface area contributed by atoms with Crippen molar-refractivity contribution in [1.82, 2.24) is 5.32 Å². The Morgan fingerprint density at radius 2 is 2.07 bits per heavy atom. The molecule has 84 valence electrons. The predicted octanol–water partition coefficient (Wildman–Crippen LogP) is 1.61. The van der Waals surface area contributed by atoms with E-state index in [1.165, 1.54) is 5.56 Å². The van der Waals surface area contributed by atoms with E-state index in [0.29, 0.717) is 0 Å². The number of methoxy groups -OCH3 is 1. The van der Waals surface area contributed by atoms with Crippen LogP contribution in [0.1, 0.15) is 24.1 Å². The molecule has 0 bridgehead atoms. The molecule has 0 aliphatic carbocycles. The van der Waals surface area contributed by atoms with Gasteiger partial charge in [0.2, 0.25) is 0 Å². The average Bonchev–Trinajstić information content (AvgIpc) is 2.18. The van der Waals surface area contributed by atoms with Gasteiger partial charge in [-0.05, 0) is 27.0 Å². The van der Waals surface area contributed by atoms with Crippen LogP contribution in [0.15, 0.2) is 18.2 Å². The van der Waals surface area contributed by atoms with Crippen LogP contribution in [-0.2, 0) is 0 Å². The number of benzene rings is 1. The molecule has 0 saturated heterocycles. The second kappa shape index (κ2) is 5.14.